The molecule has 4 nitrogen and oxygen atoms in total. The molecule has 0 amide bonds. The molecule has 0 radical (unpaired) electrons. The second-order valence-electron chi connectivity index (χ2n) is 3.24. The molecular formula is C10H10N2O2. The van der Waals surface area contributed by atoms with Crippen molar-refractivity contribution in [3.8, 4) is 12.1 Å². The molecule has 14 heavy (non-hydrogen) atoms. The van der Waals surface area contributed by atoms with Crippen molar-refractivity contribution < 1.29 is 9.90 Å². The number of aliphatic hydroxyl groups excluding tert-OH is 1. The lowest BCUT2D eigenvalue weighted by molar-refractivity contribution is -0.117. The van der Waals surface area contributed by atoms with Gasteiger partial charge in [0.15, 0.2) is 5.78 Å². The molecule has 0 aromatic rings. The molecule has 0 aromatic heterocycles. The van der Waals surface area contributed by atoms with Gasteiger partial charge in [0.25, 0.3) is 0 Å². The molecule has 0 aromatic carbocycles. The van der Waals surface area contributed by atoms with Gasteiger partial charge in [-0.05, 0) is 12.8 Å². The molecule has 1 aliphatic carbocycles. The Bertz CT molecular complexity index is 332. The van der Waals surface area contributed by atoms with Crippen LogP contribution in [0.3, 0.4) is 0 Å². The third-order valence-corrected chi connectivity index (χ3v) is 2.46. The molecule has 0 bridgehead atoms. The van der Waals surface area contributed by atoms with E-state index in [2.05, 4.69) is 0 Å². The summed E-state index contributed by atoms with van der Waals surface area (Å²) in [5.74, 6) is -1.41. The second kappa shape index (κ2) is 4.43. The highest BCUT2D eigenvalue weighted by Gasteiger charge is 2.32. The largest absolute Gasteiger partial charge is 0.515 e. The lowest BCUT2D eigenvalue weighted by atomic mass is 9.77. The van der Waals surface area contributed by atoms with Crippen LogP contribution in [0.25, 0.3) is 0 Å². The smallest absolute Gasteiger partial charge is 0.162 e. The van der Waals surface area contributed by atoms with E-state index in [0.29, 0.717) is 19.3 Å². The number of carbonyl (C=O) groups is 1. The first kappa shape index (κ1) is 10.3. The van der Waals surface area contributed by atoms with Crippen molar-refractivity contribution in [2.24, 2.45) is 11.8 Å². The van der Waals surface area contributed by atoms with E-state index in [-0.39, 0.29) is 11.4 Å². The summed E-state index contributed by atoms with van der Waals surface area (Å²) in [4.78, 5) is 11.3. The topological polar surface area (TPSA) is 84.9 Å². The number of nitrogens with zero attached hydrogens (tertiary/aromatic N) is 2. The highest BCUT2D eigenvalue weighted by molar-refractivity contribution is 5.96. The molecule has 1 aliphatic rings. The van der Waals surface area contributed by atoms with E-state index < -0.39 is 11.8 Å². The summed E-state index contributed by atoms with van der Waals surface area (Å²) in [6, 6.07) is 3.68. The van der Waals surface area contributed by atoms with Gasteiger partial charge >= 0.3 is 0 Å². The van der Waals surface area contributed by atoms with E-state index in [1.54, 1.807) is 0 Å². The number of nitriles is 2. The van der Waals surface area contributed by atoms with Crippen LogP contribution in [0.1, 0.15) is 19.3 Å². The predicted molar refractivity (Wildman–Crippen MR) is 47.8 cm³/mol. The highest BCUT2D eigenvalue weighted by atomic mass is 16.2. The van der Waals surface area contributed by atoms with Gasteiger partial charge < -0.3 is 5.11 Å². The minimum Gasteiger partial charge on any atom is -0.515 e. The average molecular weight is 190 g/mol. The SMILES string of the molecule is N#CC(C#N)C1CCCC(=O)/C1=C/O. The Labute approximate surface area is 82.1 Å². The van der Waals surface area contributed by atoms with Gasteiger partial charge in [0.1, 0.15) is 5.92 Å². The first-order chi connectivity index (χ1) is 6.74. The lowest BCUT2D eigenvalue weighted by Gasteiger charge is -2.23. The van der Waals surface area contributed by atoms with E-state index in [9.17, 15) is 4.79 Å². The Hall–Kier alpha value is -1.81. The minimum absolute atomic E-state index is 0.153. The van der Waals surface area contributed by atoms with Crippen LogP contribution in [-0.4, -0.2) is 10.9 Å². The maximum absolute atomic E-state index is 11.3. The van der Waals surface area contributed by atoms with Crippen LogP contribution >= 0.6 is 0 Å². The summed E-state index contributed by atoms with van der Waals surface area (Å²) < 4.78 is 0. The zero-order chi connectivity index (χ0) is 10.6. The van der Waals surface area contributed by atoms with Gasteiger partial charge in [-0.2, -0.15) is 10.5 Å². The van der Waals surface area contributed by atoms with Crippen LogP contribution in [0.15, 0.2) is 11.8 Å². The summed E-state index contributed by atoms with van der Waals surface area (Å²) in [6.45, 7) is 0. The van der Waals surface area contributed by atoms with Gasteiger partial charge in [-0.1, -0.05) is 0 Å². The molecule has 1 unspecified atom stereocenters. The average Bonchev–Trinajstić information content (AvgIpc) is 2.20. The Morgan fingerprint density at radius 3 is 2.64 bits per heavy atom. The van der Waals surface area contributed by atoms with Gasteiger partial charge in [-0.3, -0.25) is 4.79 Å². The normalized spacial score (nSPS) is 24.6. The van der Waals surface area contributed by atoms with E-state index in [0.717, 1.165) is 6.26 Å². The summed E-state index contributed by atoms with van der Waals surface area (Å²) in [6.07, 6.45) is 2.44. The third-order valence-electron chi connectivity index (χ3n) is 2.46. The predicted octanol–water partition coefficient (Wildman–Crippen LogP) is 1.46. The quantitative estimate of drug-likeness (QED) is 0.501. The fraction of sp³-hybridized carbons (Fsp3) is 0.500. The van der Waals surface area contributed by atoms with Crippen molar-refractivity contribution in [3.63, 3.8) is 0 Å². The molecule has 0 spiro atoms. The van der Waals surface area contributed by atoms with Crippen LogP contribution in [0.5, 0.6) is 0 Å². The van der Waals surface area contributed by atoms with Gasteiger partial charge in [0, 0.05) is 17.9 Å². The van der Waals surface area contributed by atoms with Crippen LogP contribution in [0.4, 0.5) is 0 Å². The van der Waals surface area contributed by atoms with Crippen molar-refractivity contribution in [2.75, 3.05) is 0 Å². The van der Waals surface area contributed by atoms with E-state index >= 15 is 0 Å². The van der Waals surface area contributed by atoms with Crippen molar-refractivity contribution in [1.29, 1.82) is 10.5 Å². The number of Topliss-reactive ketones (excluding diaryl/α,β-unsaturated/α-hetero) is 1. The van der Waals surface area contributed by atoms with Gasteiger partial charge in [0.2, 0.25) is 0 Å². The summed E-state index contributed by atoms with van der Waals surface area (Å²) in [7, 11) is 0. The van der Waals surface area contributed by atoms with Crippen LogP contribution < -0.4 is 0 Å². The maximum Gasteiger partial charge on any atom is 0.162 e. The Morgan fingerprint density at radius 2 is 2.14 bits per heavy atom. The Morgan fingerprint density at radius 1 is 1.50 bits per heavy atom. The zero-order valence-corrected chi connectivity index (χ0v) is 7.60. The summed E-state index contributed by atoms with van der Waals surface area (Å²) >= 11 is 0. The number of hydrogen-bond donors (Lipinski definition) is 1. The first-order valence-electron chi connectivity index (χ1n) is 4.41. The lowest BCUT2D eigenvalue weighted by Crippen LogP contribution is -2.24. The zero-order valence-electron chi connectivity index (χ0n) is 7.60. The van der Waals surface area contributed by atoms with Crippen LogP contribution in [-0.2, 0) is 4.79 Å². The molecular weight excluding hydrogens is 180 g/mol. The molecule has 1 atom stereocenters. The number of carbonyl (C=O) groups excluding carboxylic acids is 1. The minimum atomic E-state index is -0.836. The Kier molecular flexibility index (Phi) is 3.25. The number of rotatable bonds is 1. The Balaban J connectivity index is 2.93. The first-order valence-corrected chi connectivity index (χ1v) is 4.41. The fourth-order valence-electron chi connectivity index (χ4n) is 1.71. The maximum atomic E-state index is 11.3. The molecule has 0 aliphatic heterocycles. The van der Waals surface area contributed by atoms with Gasteiger partial charge in [-0.25, -0.2) is 0 Å². The van der Waals surface area contributed by atoms with Crippen molar-refractivity contribution >= 4 is 5.78 Å². The summed E-state index contributed by atoms with van der Waals surface area (Å²) in [5, 5.41) is 26.2. The third kappa shape index (κ3) is 1.75. The molecule has 1 saturated carbocycles. The standard InChI is InChI=1S/C10H10N2O2/c11-4-7(5-12)8-2-1-3-10(14)9(8)6-13/h6-8,13H,1-3H2/b9-6+. The number of allylic oxidation sites excluding steroid dienone is 1. The fourth-order valence-corrected chi connectivity index (χ4v) is 1.71. The van der Waals surface area contributed by atoms with Crippen molar-refractivity contribution in [2.45, 2.75) is 19.3 Å². The van der Waals surface area contributed by atoms with Gasteiger partial charge in [0.05, 0.1) is 18.4 Å². The van der Waals surface area contributed by atoms with E-state index in [1.807, 2.05) is 12.1 Å². The van der Waals surface area contributed by atoms with Crippen LogP contribution in [0.2, 0.25) is 0 Å². The molecule has 0 saturated heterocycles. The second-order valence-corrected chi connectivity index (χ2v) is 3.24. The summed E-state index contributed by atoms with van der Waals surface area (Å²) in [5.41, 5.74) is 0.226. The van der Waals surface area contributed by atoms with Crippen molar-refractivity contribution in [3.05, 3.63) is 11.8 Å². The molecule has 0 heterocycles. The number of aliphatic hydroxyl groups is 1. The van der Waals surface area contributed by atoms with Gasteiger partial charge in [-0.15, -0.1) is 0 Å². The number of ketones is 1. The van der Waals surface area contributed by atoms with E-state index in [4.69, 9.17) is 15.6 Å². The monoisotopic (exact) mass is 190 g/mol. The molecule has 1 N–H and O–H groups in total. The molecule has 4 heteroatoms. The molecule has 1 rings (SSSR count). The highest BCUT2D eigenvalue weighted by Crippen LogP contribution is 2.31. The molecule has 72 valence electrons. The van der Waals surface area contributed by atoms with Crippen LogP contribution in [0, 0.1) is 34.5 Å². The molecule has 1 fully saturated rings. The number of hydrogen-bond acceptors (Lipinski definition) is 4. The van der Waals surface area contributed by atoms with Crippen molar-refractivity contribution in [1.82, 2.24) is 0 Å². The van der Waals surface area contributed by atoms with E-state index in [1.165, 1.54) is 0 Å².